The van der Waals surface area contributed by atoms with Crippen LogP contribution < -0.4 is 0 Å². The zero-order chi connectivity index (χ0) is 18.1. The van der Waals surface area contributed by atoms with Crippen molar-refractivity contribution in [3.05, 3.63) is 58.6 Å². The normalized spacial score (nSPS) is 20.5. The van der Waals surface area contributed by atoms with Crippen LogP contribution in [0.4, 0.5) is 0 Å². The van der Waals surface area contributed by atoms with Crippen molar-refractivity contribution in [1.82, 2.24) is 14.5 Å². The minimum Gasteiger partial charge on any atom is -0.391 e. The molecule has 1 aliphatic heterocycles. The van der Waals surface area contributed by atoms with Crippen LogP contribution in [0.25, 0.3) is 10.8 Å². The number of piperidine rings is 1. The van der Waals surface area contributed by atoms with Crippen molar-refractivity contribution in [3.63, 3.8) is 0 Å². The number of hydrogen-bond acceptors (Lipinski definition) is 5. The second kappa shape index (κ2) is 7.13. The monoisotopic (exact) mass is 367 g/mol. The quantitative estimate of drug-likeness (QED) is 0.772. The number of rotatable bonds is 3. The molecule has 1 aromatic heterocycles. The van der Waals surface area contributed by atoms with E-state index in [0.717, 1.165) is 29.2 Å². The summed E-state index contributed by atoms with van der Waals surface area (Å²) in [6.07, 6.45) is 0.868. The molecule has 6 heteroatoms. The third-order valence-corrected chi connectivity index (χ3v) is 5.91. The molecule has 1 fully saturated rings. The molecule has 4 rings (SSSR count). The number of hydrogen-bond donors (Lipinski definition) is 1. The molecule has 26 heavy (non-hydrogen) atoms. The number of carbonyl (C=O) groups excluding carboxylic acids is 1. The van der Waals surface area contributed by atoms with E-state index in [4.69, 9.17) is 0 Å². The highest BCUT2D eigenvalue weighted by Crippen LogP contribution is 2.31. The molecule has 0 saturated carbocycles. The van der Waals surface area contributed by atoms with Gasteiger partial charge in [-0.3, -0.25) is 4.79 Å². The fourth-order valence-electron chi connectivity index (χ4n) is 3.69. The van der Waals surface area contributed by atoms with E-state index in [2.05, 4.69) is 39.9 Å². The Morgan fingerprint density at radius 2 is 2.08 bits per heavy atom. The molecule has 2 aromatic carbocycles. The number of nitrogens with zero attached hydrogens (tertiary/aromatic N) is 3. The molecular weight excluding hydrogens is 346 g/mol. The number of aryl methyl sites for hydroxylation is 1. The lowest BCUT2D eigenvalue weighted by atomic mass is 9.86. The average Bonchev–Trinajstić information content (AvgIpc) is 3.15. The third-order valence-electron chi connectivity index (χ3n) is 5.16. The van der Waals surface area contributed by atoms with Crippen molar-refractivity contribution in [3.8, 4) is 0 Å². The summed E-state index contributed by atoms with van der Waals surface area (Å²) in [5.74, 6) is -0.0123. The first kappa shape index (κ1) is 17.1. The Labute approximate surface area is 156 Å². The van der Waals surface area contributed by atoms with Crippen molar-refractivity contribution >= 4 is 28.2 Å². The zero-order valence-corrected chi connectivity index (χ0v) is 15.4. The first-order valence-electron chi connectivity index (χ1n) is 8.94. The van der Waals surface area contributed by atoms with Crippen LogP contribution in [0, 0.1) is 0 Å². The predicted octanol–water partition coefficient (Wildman–Crippen LogP) is 3.24. The average molecular weight is 367 g/mol. The minimum absolute atomic E-state index is 0.0499. The minimum atomic E-state index is -0.570. The Morgan fingerprint density at radius 3 is 2.85 bits per heavy atom. The first-order valence-corrected chi connectivity index (χ1v) is 9.72. The van der Waals surface area contributed by atoms with Crippen LogP contribution in [0.15, 0.2) is 42.5 Å². The third kappa shape index (κ3) is 3.10. The number of amides is 1. The molecule has 2 heterocycles. The molecule has 134 valence electrons. The highest BCUT2D eigenvalue weighted by atomic mass is 32.1. The van der Waals surface area contributed by atoms with Gasteiger partial charge in [0.15, 0.2) is 0 Å². The number of likely N-dealkylation sites (tertiary alicyclic amines) is 1. The van der Waals surface area contributed by atoms with Gasteiger partial charge in [-0.25, -0.2) is 0 Å². The summed E-state index contributed by atoms with van der Waals surface area (Å²) in [7, 11) is 0. The maximum Gasteiger partial charge on any atom is 0.267 e. The lowest BCUT2D eigenvalue weighted by molar-refractivity contribution is 0.0385. The van der Waals surface area contributed by atoms with Crippen LogP contribution in [-0.2, 0) is 6.42 Å². The van der Waals surface area contributed by atoms with Gasteiger partial charge >= 0.3 is 0 Å². The Hall–Kier alpha value is -2.31. The van der Waals surface area contributed by atoms with Gasteiger partial charge in [0, 0.05) is 19.0 Å². The van der Waals surface area contributed by atoms with Gasteiger partial charge in [-0.1, -0.05) is 53.9 Å². The second-order valence-corrected chi connectivity index (χ2v) is 7.48. The molecule has 0 aliphatic carbocycles. The molecule has 1 amide bonds. The van der Waals surface area contributed by atoms with Crippen molar-refractivity contribution in [2.75, 3.05) is 13.1 Å². The fourth-order valence-corrected chi connectivity index (χ4v) is 4.41. The van der Waals surface area contributed by atoms with E-state index >= 15 is 0 Å². The fraction of sp³-hybridized carbons (Fsp3) is 0.350. The molecule has 0 radical (unpaired) electrons. The lowest BCUT2D eigenvalue weighted by Gasteiger charge is -2.36. The van der Waals surface area contributed by atoms with Crippen molar-refractivity contribution in [1.29, 1.82) is 0 Å². The van der Waals surface area contributed by atoms with Gasteiger partial charge in [-0.2, -0.15) is 0 Å². The van der Waals surface area contributed by atoms with Crippen molar-refractivity contribution in [2.45, 2.75) is 31.8 Å². The Morgan fingerprint density at radius 1 is 1.27 bits per heavy atom. The number of carbonyl (C=O) groups is 1. The molecular formula is C20H21N3O2S. The van der Waals surface area contributed by atoms with Gasteiger partial charge in [0.2, 0.25) is 0 Å². The standard InChI is InChI=1S/C20H21N3O2S/c1-2-17-19(26-22-21-17)20(25)23-10-9-16(18(24)12-23)15-8-7-13-5-3-4-6-14(13)11-15/h3-8,11,16,18,24H,2,9-10,12H2,1H3/t16-,18+/m0/s1. The topological polar surface area (TPSA) is 66.3 Å². The second-order valence-electron chi connectivity index (χ2n) is 6.72. The molecule has 1 aliphatic rings. The summed E-state index contributed by atoms with van der Waals surface area (Å²) >= 11 is 1.14. The SMILES string of the molecule is CCc1nnsc1C(=O)N1CC[C@@H](c2ccc3ccccc3c2)[C@H](O)C1. The molecule has 3 aromatic rings. The maximum atomic E-state index is 12.7. The zero-order valence-electron chi connectivity index (χ0n) is 14.6. The molecule has 2 atom stereocenters. The van der Waals surface area contributed by atoms with Crippen LogP contribution in [0.1, 0.15) is 40.2 Å². The van der Waals surface area contributed by atoms with E-state index in [1.807, 2.05) is 19.1 Å². The number of aliphatic hydroxyl groups is 1. The molecule has 5 nitrogen and oxygen atoms in total. The van der Waals surface area contributed by atoms with E-state index in [0.29, 0.717) is 24.4 Å². The van der Waals surface area contributed by atoms with E-state index in [1.165, 1.54) is 10.8 Å². The maximum absolute atomic E-state index is 12.7. The van der Waals surface area contributed by atoms with Gasteiger partial charge < -0.3 is 10.0 Å². The summed E-state index contributed by atoms with van der Waals surface area (Å²) in [6, 6.07) is 14.6. The van der Waals surface area contributed by atoms with Gasteiger partial charge in [-0.05, 0) is 40.7 Å². The summed E-state index contributed by atoms with van der Waals surface area (Å²) in [5, 5.41) is 17.1. The lowest BCUT2D eigenvalue weighted by Crippen LogP contribution is -2.45. The molecule has 0 bridgehead atoms. The smallest absolute Gasteiger partial charge is 0.267 e. The molecule has 0 spiro atoms. The van der Waals surface area contributed by atoms with Crippen LogP contribution in [0.3, 0.4) is 0 Å². The predicted molar refractivity (Wildman–Crippen MR) is 103 cm³/mol. The Balaban J connectivity index is 1.51. The Bertz CT molecular complexity index is 939. The van der Waals surface area contributed by atoms with Crippen LogP contribution >= 0.6 is 11.5 Å². The van der Waals surface area contributed by atoms with Crippen molar-refractivity contribution < 1.29 is 9.90 Å². The highest BCUT2D eigenvalue weighted by molar-refractivity contribution is 7.08. The number of benzene rings is 2. The highest BCUT2D eigenvalue weighted by Gasteiger charge is 2.33. The molecule has 1 N–H and O–H groups in total. The molecule has 1 saturated heterocycles. The van der Waals surface area contributed by atoms with Crippen LogP contribution in [0.5, 0.6) is 0 Å². The summed E-state index contributed by atoms with van der Waals surface area (Å²) in [5.41, 5.74) is 1.88. The largest absolute Gasteiger partial charge is 0.391 e. The number of fused-ring (bicyclic) bond motifs is 1. The van der Waals surface area contributed by atoms with E-state index in [-0.39, 0.29) is 11.8 Å². The van der Waals surface area contributed by atoms with E-state index in [1.54, 1.807) is 4.90 Å². The summed E-state index contributed by atoms with van der Waals surface area (Å²) in [6.45, 7) is 2.94. The van der Waals surface area contributed by atoms with Gasteiger partial charge in [0.05, 0.1) is 11.8 Å². The first-order chi connectivity index (χ1) is 12.7. The van der Waals surface area contributed by atoms with E-state index in [9.17, 15) is 9.90 Å². The number of aromatic nitrogens is 2. The van der Waals surface area contributed by atoms with Crippen molar-refractivity contribution in [2.24, 2.45) is 0 Å². The van der Waals surface area contributed by atoms with Crippen LogP contribution in [0.2, 0.25) is 0 Å². The van der Waals surface area contributed by atoms with Gasteiger partial charge in [0.25, 0.3) is 5.91 Å². The van der Waals surface area contributed by atoms with Crippen LogP contribution in [-0.4, -0.2) is 44.7 Å². The Kier molecular flexibility index (Phi) is 4.70. The van der Waals surface area contributed by atoms with Gasteiger partial charge in [0.1, 0.15) is 4.88 Å². The number of β-amino-alcohol motifs (C(OH)–C–C–N with tert-alkyl or cyclic N) is 1. The van der Waals surface area contributed by atoms with E-state index < -0.39 is 6.10 Å². The number of aliphatic hydroxyl groups excluding tert-OH is 1. The summed E-state index contributed by atoms with van der Waals surface area (Å²) in [4.78, 5) is 15.1. The molecule has 0 unspecified atom stereocenters. The summed E-state index contributed by atoms with van der Waals surface area (Å²) < 4.78 is 3.90. The van der Waals surface area contributed by atoms with Gasteiger partial charge in [-0.15, -0.1) is 5.10 Å².